The molecule has 2 heterocycles. The Morgan fingerprint density at radius 2 is 2.19 bits per heavy atom. The van der Waals surface area contributed by atoms with Crippen LogP contribution in [0.15, 0.2) is 36.5 Å². The molecule has 6 heteroatoms. The zero-order valence-electron chi connectivity index (χ0n) is 11.4. The summed E-state index contributed by atoms with van der Waals surface area (Å²) in [5, 5.41) is 0. The molecule has 0 aliphatic rings. The van der Waals surface area contributed by atoms with Crippen molar-refractivity contribution in [1.82, 2.24) is 14.5 Å². The molecule has 4 nitrogen and oxygen atoms in total. The Morgan fingerprint density at radius 1 is 1.33 bits per heavy atom. The fourth-order valence-electron chi connectivity index (χ4n) is 2.26. The second kappa shape index (κ2) is 6.07. The minimum Gasteiger partial charge on any atom is -0.377 e. The molecule has 0 spiro atoms. The third kappa shape index (κ3) is 3.06. The Balaban J connectivity index is 2.10. The number of nitrogens with zero attached hydrogens (tertiary/aromatic N) is 3. The van der Waals surface area contributed by atoms with Crippen LogP contribution in [0.5, 0.6) is 0 Å². The van der Waals surface area contributed by atoms with E-state index in [1.54, 1.807) is 19.4 Å². The van der Waals surface area contributed by atoms with E-state index < -0.39 is 0 Å². The van der Waals surface area contributed by atoms with Crippen LogP contribution in [0.2, 0.25) is 0 Å². The summed E-state index contributed by atoms with van der Waals surface area (Å²) < 4.78 is 21.6. The molecule has 21 heavy (non-hydrogen) atoms. The maximum Gasteiger partial charge on any atom is 0.178 e. The van der Waals surface area contributed by atoms with Crippen molar-refractivity contribution < 1.29 is 9.13 Å². The number of fused-ring (bicyclic) bond motifs is 1. The summed E-state index contributed by atoms with van der Waals surface area (Å²) in [6, 6.07) is 8.60. The topological polar surface area (TPSA) is 39.9 Å². The van der Waals surface area contributed by atoms with Gasteiger partial charge in [-0.05, 0) is 46.4 Å². The van der Waals surface area contributed by atoms with Gasteiger partial charge in [-0.2, -0.15) is 0 Å². The minimum atomic E-state index is -0.238. The van der Waals surface area contributed by atoms with E-state index in [4.69, 9.17) is 4.74 Å². The van der Waals surface area contributed by atoms with Crippen molar-refractivity contribution in [1.29, 1.82) is 0 Å². The first-order chi connectivity index (χ1) is 10.2. The van der Waals surface area contributed by atoms with E-state index in [1.165, 1.54) is 12.1 Å². The number of halogens is 2. The van der Waals surface area contributed by atoms with Crippen molar-refractivity contribution in [3.8, 4) is 0 Å². The van der Waals surface area contributed by atoms with Crippen molar-refractivity contribution in [2.45, 2.75) is 13.2 Å². The quantitative estimate of drug-likeness (QED) is 0.634. The second-order valence-electron chi connectivity index (χ2n) is 4.67. The molecule has 108 valence electrons. The Labute approximate surface area is 135 Å². The van der Waals surface area contributed by atoms with Crippen LogP contribution in [0.3, 0.4) is 0 Å². The highest BCUT2D eigenvalue weighted by Gasteiger charge is 2.12. The van der Waals surface area contributed by atoms with Gasteiger partial charge < -0.3 is 9.30 Å². The standard InChI is InChI=1S/C15H13FIN3O/c1-21-9-14-19-15-13(6-12(17)7-18-15)20(14)8-10-3-2-4-11(16)5-10/h2-7H,8-9H2,1H3. The molecular weight excluding hydrogens is 384 g/mol. The summed E-state index contributed by atoms with van der Waals surface area (Å²) in [6.07, 6.45) is 1.78. The van der Waals surface area contributed by atoms with Crippen LogP contribution in [-0.2, 0) is 17.9 Å². The third-order valence-electron chi connectivity index (χ3n) is 3.15. The van der Waals surface area contributed by atoms with Gasteiger partial charge >= 0.3 is 0 Å². The number of rotatable bonds is 4. The molecule has 3 aromatic rings. The lowest BCUT2D eigenvalue weighted by Gasteiger charge is -2.09. The number of hydrogen-bond acceptors (Lipinski definition) is 3. The molecule has 0 bridgehead atoms. The number of aromatic nitrogens is 3. The highest BCUT2D eigenvalue weighted by Crippen LogP contribution is 2.19. The van der Waals surface area contributed by atoms with Gasteiger partial charge in [-0.3, -0.25) is 0 Å². The molecule has 1 aromatic carbocycles. The Morgan fingerprint density at radius 3 is 2.95 bits per heavy atom. The lowest BCUT2D eigenvalue weighted by Crippen LogP contribution is -2.06. The van der Waals surface area contributed by atoms with Crippen LogP contribution >= 0.6 is 22.6 Å². The van der Waals surface area contributed by atoms with Gasteiger partial charge in [0, 0.05) is 23.4 Å². The fourth-order valence-corrected chi connectivity index (χ4v) is 2.70. The first-order valence-corrected chi connectivity index (χ1v) is 7.49. The number of pyridine rings is 1. The van der Waals surface area contributed by atoms with Crippen LogP contribution in [0.1, 0.15) is 11.4 Å². The van der Waals surface area contributed by atoms with E-state index >= 15 is 0 Å². The number of benzene rings is 1. The second-order valence-corrected chi connectivity index (χ2v) is 5.92. The highest BCUT2D eigenvalue weighted by molar-refractivity contribution is 14.1. The number of imidazole rings is 1. The van der Waals surface area contributed by atoms with Crippen molar-refractivity contribution in [3.05, 3.63) is 57.3 Å². The molecule has 0 radical (unpaired) electrons. The van der Waals surface area contributed by atoms with Gasteiger partial charge in [-0.25, -0.2) is 14.4 Å². The van der Waals surface area contributed by atoms with E-state index in [0.717, 1.165) is 20.5 Å². The van der Waals surface area contributed by atoms with Crippen molar-refractivity contribution in [2.24, 2.45) is 0 Å². The predicted octanol–water partition coefficient (Wildman–Crippen LogP) is 3.37. The Kier molecular flexibility index (Phi) is 4.16. The van der Waals surface area contributed by atoms with Crippen LogP contribution in [0.25, 0.3) is 11.2 Å². The lowest BCUT2D eigenvalue weighted by atomic mass is 10.2. The van der Waals surface area contributed by atoms with Crippen molar-refractivity contribution in [3.63, 3.8) is 0 Å². The first kappa shape index (κ1) is 14.4. The van der Waals surface area contributed by atoms with Gasteiger partial charge in [-0.15, -0.1) is 0 Å². The molecule has 0 atom stereocenters. The monoisotopic (exact) mass is 397 g/mol. The van der Waals surface area contributed by atoms with Crippen LogP contribution in [0, 0.1) is 9.39 Å². The van der Waals surface area contributed by atoms with Crippen molar-refractivity contribution >= 4 is 33.8 Å². The van der Waals surface area contributed by atoms with Crippen LogP contribution < -0.4 is 0 Å². The van der Waals surface area contributed by atoms with Gasteiger partial charge in [0.15, 0.2) is 5.65 Å². The lowest BCUT2D eigenvalue weighted by molar-refractivity contribution is 0.175. The van der Waals surface area contributed by atoms with E-state index in [-0.39, 0.29) is 5.82 Å². The number of methoxy groups -OCH3 is 1. The SMILES string of the molecule is COCc1nc2ncc(I)cc2n1Cc1cccc(F)c1. The molecule has 3 rings (SSSR count). The molecule has 2 aromatic heterocycles. The maximum absolute atomic E-state index is 13.4. The summed E-state index contributed by atoms with van der Waals surface area (Å²) >= 11 is 2.22. The van der Waals surface area contributed by atoms with Crippen molar-refractivity contribution in [2.75, 3.05) is 7.11 Å². The molecule has 0 saturated heterocycles. The summed E-state index contributed by atoms with van der Waals surface area (Å²) in [4.78, 5) is 8.83. The van der Waals surface area contributed by atoms with Crippen LogP contribution in [-0.4, -0.2) is 21.6 Å². The van der Waals surface area contributed by atoms with Gasteiger partial charge in [0.1, 0.15) is 18.2 Å². The maximum atomic E-state index is 13.4. The van der Waals surface area contributed by atoms with Gasteiger partial charge in [0.25, 0.3) is 0 Å². The van der Waals surface area contributed by atoms with E-state index in [0.29, 0.717) is 18.8 Å². The van der Waals surface area contributed by atoms with Gasteiger partial charge in [0.2, 0.25) is 0 Å². The molecule has 0 unspecified atom stereocenters. The van der Waals surface area contributed by atoms with E-state index in [2.05, 4.69) is 32.6 Å². The molecular formula is C15H13FIN3O. The summed E-state index contributed by atoms with van der Waals surface area (Å²) in [6.45, 7) is 0.928. The normalized spacial score (nSPS) is 11.2. The number of hydrogen-bond donors (Lipinski definition) is 0. The smallest absolute Gasteiger partial charge is 0.178 e. The van der Waals surface area contributed by atoms with E-state index in [9.17, 15) is 4.39 Å². The largest absolute Gasteiger partial charge is 0.377 e. The molecule has 0 saturated carbocycles. The summed E-state index contributed by atoms with van der Waals surface area (Å²) in [7, 11) is 1.63. The predicted molar refractivity (Wildman–Crippen MR) is 86.5 cm³/mol. The third-order valence-corrected chi connectivity index (χ3v) is 3.74. The average Bonchev–Trinajstić information content (AvgIpc) is 2.77. The van der Waals surface area contributed by atoms with Crippen LogP contribution in [0.4, 0.5) is 4.39 Å². The molecule has 0 amide bonds. The molecule has 0 fully saturated rings. The Hall–Kier alpha value is -1.54. The minimum absolute atomic E-state index is 0.238. The zero-order valence-corrected chi connectivity index (χ0v) is 13.5. The first-order valence-electron chi connectivity index (χ1n) is 6.41. The van der Waals surface area contributed by atoms with E-state index in [1.807, 2.05) is 16.7 Å². The molecule has 0 aliphatic carbocycles. The average molecular weight is 397 g/mol. The summed E-state index contributed by atoms with van der Waals surface area (Å²) in [5.41, 5.74) is 2.49. The van der Waals surface area contributed by atoms with Gasteiger partial charge in [-0.1, -0.05) is 12.1 Å². The summed E-state index contributed by atoms with van der Waals surface area (Å²) in [5.74, 6) is 0.546. The number of ether oxygens (including phenoxy) is 1. The zero-order chi connectivity index (χ0) is 14.8. The Bertz CT molecular complexity index is 788. The highest BCUT2D eigenvalue weighted by atomic mass is 127. The molecule has 0 N–H and O–H groups in total. The fraction of sp³-hybridized carbons (Fsp3) is 0.200. The molecule has 0 aliphatic heterocycles. The van der Waals surface area contributed by atoms with Gasteiger partial charge in [0.05, 0.1) is 5.52 Å².